The number of aliphatic carboxylic acids is 1. The number of carboxylic acids is 1. The van der Waals surface area contributed by atoms with Crippen LogP contribution in [0.15, 0.2) is 0 Å². The van der Waals surface area contributed by atoms with Crippen molar-refractivity contribution >= 4 is 17.9 Å². The van der Waals surface area contributed by atoms with E-state index in [0.29, 0.717) is 0 Å². The van der Waals surface area contributed by atoms with Gasteiger partial charge in [-0.1, -0.05) is 51.9 Å². The minimum atomic E-state index is -1.84. The summed E-state index contributed by atoms with van der Waals surface area (Å²) < 4.78 is 9.50. The van der Waals surface area contributed by atoms with E-state index in [1.54, 1.807) is 0 Å². The fourth-order valence-electron chi connectivity index (χ4n) is 2.21. The maximum Gasteiger partial charge on any atom is 0.333 e. The molecule has 2 atom stereocenters. The van der Waals surface area contributed by atoms with E-state index in [9.17, 15) is 19.5 Å². The van der Waals surface area contributed by atoms with Gasteiger partial charge in [0.1, 0.15) is 19.3 Å². The standard InChI is InChI=1S/C18H32O8/c1-2-3-4-5-6-7-8-9-10-16(21)25-12-14(19)13-26-17(22)11-15(20)18(23)24/h14-15,19-20H,2-13H2,1H3,(H,23,24). The highest BCUT2D eigenvalue weighted by atomic mass is 16.6. The lowest BCUT2D eigenvalue weighted by Gasteiger charge is -2.12. The predicted octanol–water partition coefficient (Wildman–Crippen LogP) is 1.80. The quantitative estimate of drug-likeness (QED) is 0.275. The Balaban J connectivity index is 3.60. The number of carbonyl (C=O) groups excluding carboxylic acids is 2. The van der Waals surface area contributed by atoms with E-state index in [-0.39, 0.29) is 13.0 Å². The number of aliphatic hydroxyl groups is 2. The summed E-state index contributed by atoms with van der Waals surface area (Å²) in [6.07, 6.45) is 5.50. The van der Waals surface area contributed by atoms with Crippen LogP contribution in [0.5, 0.6) is 0 Å². The highest BCUT2D eigenvalue weighted by molar-refractivity contribution is 5.80. The molecule has 0 heterocycles. The van der Waals surface area contributed by atoms with E-state index < -0.39 is 43.1 Å². The third-order valence-electron chi connectivity index (χ3n) is 3.75. The Hall–Kier alpha value is -1.67. The Kier molecular flexibility index (Phi) is 14.6. The average molecular weight is 376 g/mol. The average Bonchev–Trinajstić information content (AvgIpc) is 2.60. The number of hydrogen-bond donors (Lipinski definition) is 3. The first kappa shape index (κ1) is 24.3. The van der Waals surface area contributed by atoms with E-state index in [4.69, 9.17) is 14.9 Å². The van der Waals surface area contributed by atoms with Crippen LogP contribution in [-0.2, 0) is 23.9 Å². The summed E-state index contributed by atoms with van der Waals surface area (Å²) in [5.74, 6) is -2.90. The molecular formula is C18H32O8. The molecule has 3 N–H and O–H groups in total. The number of carbonyl (C=O) groups is 3. The summed E-state index contributed by atoms with van der Waals surface area (Å²) in [4.78, 5) is 33.1. The first-order valence-electron chi connectivity index (χ1n) is 9.27. The minimum absolute atomic E-state index is 0.284. The molecule has 0 bridgehead atoms. The molecule has 0 aromatic heterocycles. The van der Waals surface area contributed by atoms with Gasteiger partial charge in [-0.25, -0.2) is 4.79 Å². The molecule has 8 nitrogen and oxygen atoms in total. The molecule has 0 aliphatic rings. The number of ether oxygens (including phenoxy) is 2. The van der Waals surface area contributed by atoms with Crippen molar-refractivity contribution in [3.8, 4) is 0 Å². The molecule has 0 saturated carbocycles. The Bertz CT molecular complexity index is 410. The smallest absolute Gasteiger partial charge is 0.333 e. The Morgan fingerprint density at radius 1 is 0.808 bits per heavy atom. The number of aliphatic hydroxyl groups excluding tert-OH is 2. The molecule has 26 heavy (non-hydrogen) atoms. The van der Waals surface area contributed by atoms with Crippen LogP contribution in [0.4, 0.5) is 0 Å². The van der Waals surface area contributed by atoms with Gasteiger partial charge in [0.05, 0.1) is 6.42 Å². The molecule has 0 aromatic rings. The number of rotatable bonds is 16. The van der Waals surface area contributed by atoms with Gasteiger partial charge < -0.3 is 24.8 Å². The first-order chi connectivity index (χ1) is 12.4. The monoisotopic (exact) mass is 376 g/mol. The molecule has 0 aliphatic carbocycles. The molecule has 2 unspecified atom stereocenters. The fraction of sp³-hybridized carbons (Fsp3) is 0.833. The Labute approximate surface area is 154 Å². The largest absolute Gasteiger partial charge is 0.479 e. The summed E-state index contributed by atoms with van der Waals surface area (Å²) in [6, 6.07) is 0. The molecule has 0 radical (unpaired) electrons. The fourth-order valence-corrected chi connectivity index (χ4v) is 2.21. The highest BCUT2D eigenvalue weighted by Gasteiger charge is 2.19. The van der Waals surface area contributed by atoms with Crippen molar-refractivity contribution in [2.24, 2.45) is 0 Å². The van der Waals surface area contributed by atoms with Gasteiger partial charge in [0.15, 0.2) is 6.10 Å². The van der Waals surface area contributed by atoms with Crippen LogP contribution in [0.3, 0.4) is 0 Å². The van der Waals surface area contributed by atoms with Crippen molar-refractivity contribution in [1.29, 1.82) is 0 Å². The van der Waals surface area contributed by atoms with Crippen LogP contribution in [0.25, 0.3) is 0 Å². The summed E-state index contributed by atoms with van der Waals surface area (Å²) in [7, 11) is 0. The maximum atomic E-state index is 11.5. The van der Waals surface area contributed by atoms with E-state index in [0.717, 1.165) is 19.3 Å². The summed E-state index contributed by atoms with van der Waals surface area (Å²) in [6.45, 7) is 1.44. The second-order valence-electron chi connectivity index (χ2n) is 6.30. The van der Waals surface area contributed by atoms with Crippen LogP contribution in [0, 0.1) is 0 Å². The van der Waals surface area contributed by atoms with Crippen molar-refractivity contribution in [2.45, 2.75) is 83.3 Å². The van der Waals surface area contributed by atoms with E-state index in [1.165, 1.54) is 32.1 Å². The molecule has 0 saturated heterocycles. The van der Waals surface area contributed by atoms with Gasteiger partial charge in [-0.05, 0) is 6.42 Å². The van der Waals surface area contributed by atoms with Crippen LogP contribution in [0.1, 0.15) is 71.1 Å². The van der Waals surface area contributed by atoms with Gasteiger partial charge >= 0.3 is 17.9 Å². The van der Waals surface area contributed by atoms with Gasteiger partial charge in [0.2, 0.25) is 0 Å². The lowest BCUT2D eigenvalue weighted by molar-refractivity contribution is -0.159. The van der Waals surface area contributed by atoms with Crippen LogP contribution in [0.2, 0.25) is 0 Å². The van der Waals surface area contributed by atoms with Crippen molar-refractivity contribution in [2.75, 3.05) is 13.2 Å². The molecule has 8 heteroatoms. The van der Waals surface area contributed by atoms with Gasteiger partial charge in [-0.2, -0.15) is 0 Å². The molecule has 0 fully saturated rings. The van der Waals surface area contributed by atoms with Crippen LogP contribution < -0.4 is 0 Å². The van der Waals surface area contributed by atoms with Gasteiger partial charge in [0, 0.05) is 6.42 Å². The predicted molar refractivity (Wildman–Crippen MR) is 93.4 cm³/mol. The third kappa shape index (κ3) is 14.7. The molecule has 0 amide bonds. The maximum absolute atomic E-state index is 11.5. The molecule has 152 valence electrons. The van der Waals surface area contributed by atoms with Crippen LogP contribution in [-0.4, -0.2) is 58.6 Å². The number of esters is 2. The topological polar surface area (TPSA) is 130 Å². The zero-order valence-electron chi connectivity index (χ0n) is 15.5. The second-order valence-corrected chi connectivity index (χ2v) is 6.30. The Morgan fingerprint density at radius 3 is 1.85 bits per heavy atom. The van der Waals surface area contributed by atoms with E-state index in [1.807, 2.05) is 0 Å². The zero-order valence-corrected chi connectivity index (χ0v) is 15.5. The summed E-state index contributed by atoms with van der Waals surface area (Å²) in [5, 5.41) is 27.0. The lowest BCUT2D eigenvalue weighted by Crippen LogP contribution is -2.28. The van der Waals surface area contributed by atoms with Crippen LogP contribution >= 0.6 is 0 Å². The lowest BCUT2D eigenvalue weighted by atomic mass is 10.1. The molecule has 0 rings (SSSR count). The Morgan fingerprint density at radius 2 is 1.31 bits per heavy atom. The second kappa shape index (κ2) is 15.6. The van der Waals surface area contributed by atoms with E-state index >= 15 is 0 Å². The van der Waals surface area contributed by atoms with E-state index in [2.05, 4.69) is 11.7 Å². The number of unbranched alkanes of at least 4 members (excludes halogenated alkanes) is 7. The van der Waals surface area contributed by atoms with Crippen molar-refractivity contribution in [1.82, 2.24) is 0 Å². The van der Waals surface area contributed by atoms with Crippen molar-refractivity contribution < 1.29 is 39.2 Å². The number of carboxylic acid groups (broad SMARTS) is 1. The minimum Gasteiger partial charge on any atom is -0.479 e. The summed E-state index contributed by atoms with van der Waals surface area (Å²) >= 11 is 0. The van der Waals surface area contributed by atoms with Crippen molar-refractivity contribution in [3.05, 3.63) is 0 Å². The molecule has 0 aliphatic heterocycles. The van der Waals surface area contributed by atoms with Crippen molar-refractivity contribution in [3.63, 3.8) is 0 Å². The summed E-state index contributed by atoms with van der Waals surface area (Å²) in [5.41, 5.74) is 0. The molecule has 0 spiro atoms. The molecule has 0 aromatic carbocycles. The first-order valence-corrected chi connectivity index (χ1v) is 9.27. The number of hydrogen-bond acceptors (Lipinski definition) is 7. The molecular weight excluding hydrogens is 344 g/mol. The highest BCUT2D eigenvalue weighted by Crippen LogP contribution is 2.10. The van der Waals surface area contributed by atoms with Gasteiger partial charge in [0.25, 0.3) is 0 Å². The van der Waals surface area contributed by atoms with Gasteiger partial charge in [-0.15, -0.1) is 0 Å². The SMILES string of the molecule is CCCCCCCCCCC(=O)OCC(O)COC(=O)CC(O)C(=O)O. The van der Waals surface area contributed by atoms with Gasteiger partial charge in [-0.3, -0.25) is 9.59 Å². The zero-order chi connectivity index (χ0) is 19.8. The normalized spacial score (nSPS) is 13.0. The third-order valence-corrected chi connectivity index (χ3v) is 3.75.